The zero-order valence-electron chi connectivity index (χ0n) is 10.2. The van der Waals surface area contributed by atoms with Crippen molar-refractivity contribution in [2.45, 2.75) is 19.4 Å². The van der Waals surface area contributed by atoms with Gasteiger partial charge in [0.25, 0.3) is 0 Å². The molecule has 2 aromatic rings. The van der Waals surface area contributed by atoms with Crippen LogP contribution in [0.5, 0.6) is 0 Å². The van der Waals surface area contributed by atoms with Crippen LogP contribution in [0, 0.1) is 0 Å². The standard InChI is InChI=1S/C14H16N2OS/c1-11(10-13-8-5-9-17-13)15-14(18)16-12-6-3-2-4-7-12/h2-9,11H,10H2,1H3,(H2,15,16,18). The van der Waals surface area contributed by atoms with E-state index in [1.807, 2.05) is 42.5 Å². The molecule has 0 radical (unpaired) electrons. The van der Waals surface area contributed by atoms with Crippen LogP contribution in [0.2, 0.25) is 0 Å². The van der Waals surface area contributed by atoms with Crippen molar-refractivity contribution in [3.8, 4) is 0 Å². The van der Waals surface area contributed by atoms with Crippen LogP contribution in [-0.4, -0.2) is 11.2 Å². The molecule has 2 rings (SSSR count). The molecular formula is C14H16N2OS. The van der Waals surface area contributed by atoms with Crippen molar-refractivity contribution in [1.29, 1.82) is 0 Å². The number of benzene rings is 1. The summed E-state index contributed by atoms with van der Waals surface area (Å²) in [6.45, 7) is 2.07. The van der Waals surface area contributed by atoms with Gasteiger partial charge in [0.15, 0.2) is 5.11 Å². The Morgan fingerprint density at radius 3 is 2.67 bits per heavy atom. The average molecular weight is 260 g/mol. The first-order chi connectivity index (χ1) is 8.74. The monoisotopic (exact) mass is 260 g/mol. The van der Waals surface area contributed by atoms with Gasteiger partial charge < -0.3 is 15.1 Å². The highest BCUT2D eigenvalue weighted by Crippen LogP contribution is 2.06. The lowest BCUT2D eigenvalue weighted by molar-refractivity contribution is 0.482. The Balaban J connectivity index is 1.80. The second-order valence-electron chi connectivity index (χ2n) is 4.15. The number of thiocarbonyl (C=S) groups is 1. The van der Waals surface area contributed by atoms with E-state index < -0.39 is 0 Å². The first kappa shape index (κ1) is 12.6. The molecule has 18 heavy (non-hydrogen) atoms. The maximum Gasteiger partial charge on any atom is 0.170 e. The zero-order valence-corrected chi connectivity index (χ0v) is 11.0. The van der Waals surface area contributed by atoms with Crippen LogP contribution in [0.4, 0.5) is 5.69 Å². The van der Waals surface area contributed by atoms with E-state index >= 15 is 0 Å². The molecule has 0 saturated heterocycles. The lowest BCUT2D eigenvalue weighted by Gasteiger charge is -2.16. The van der Waals surface area contributed by atoms with Gasteiger partial charge in [-0.3, -0.25) is 0 Å². The third-order valence-corrected chi connectivity index (χ3v) is 2.72. The van der Waals surface area contributed by atoms with Gasteiger partial charge in [0.1, 0.15) is 5.76 Å². The van der Waals surface area contributed by atoms with Crippen LogP contribution in [0.15, 0.2) is 53.1 Å². The predicted molar refractivity (Wildman–Crippen MR) is 77.7 cm³/mol. The normalized spacial score (nSPS) is 11.8. The molecule has 1 atom stereocenters. The van der Waals surface area contributed by atoms with E-state index in [4.69, 9.17) is 16.6 Å². The number of hydrogen-bond acceptors (Lipinski definition) is 2. The molecule has 0 amide bonds. The van der Waals surface area contributed by atoms with Crippen LogP contribution < -0.4 is 10.6 Å². The fourth-order valence-electron chi connectivity index (χ4n) is 1.69. The fourth-order valence-corrected chi connectivity index (χ4v) is 2.01. The molecule has 0 fully saturated rings. The fraction of sp³-hybridized carbons (Fsp3) is 0.214. The van der Waals surface area contributed by atoms with E-state index in [1.165, 1.54) is 0 Å². The summed E-state index contributed by atoms with van der Waals surface area (Å²) in [4.78, 5) is 0. The van der Waals surface area contributed by atoms with Crippen molar-refractivity contribution in [3.05, 3.63) is 54.5 Å². The molecule has 0 aliphatic rings. The van der Waals surface area contributed by atoms with Gasteiger partial charge in [0, 0.05) is 18.2 Å². The summed E-state index contributed by atoms with van der Waals surface area (Å²) < 4.78 is 5.30. The quantitative estimate of drug-likeness (QED) is 0.828. The lowest BCUT2D eigenvalue weighted by atomic mass is 10.2. The number of para-hydroxylation sites is 1. The summed E-state index contributed by atoms with van der Waals surface area (Å²) >= 11 is 5.26. The Morgan fingerprint density at radius 1 is 1.22 bits per heavy atom. The zero-order chi connectivity index (χ0) is 12.8. The minimum Gasteiger partial charge on any atom is -0.469 e. The maximum absolute atomic E-state index is 5.30. The third kappa shape index (κ3) is 3.89. The Hall–Kier alpha value is -1.81. The van der Waals surface area contributed by atoms with E-state index in [2.05, 4.69) is 17.6 Å². The SMILES string of the molecule is CC(Cc1ccco1)NC(=S)Nc1ccccc1. The maximum atomic E-state index is 5.30. The third-order valence-electron chi connectivity index (χ3n) is 2.50. The minimum absolute atomic E-state index is 0.222. The Labute approximate surface area is 112 Å². The molecule has 1 aromatic heterocycles. The van der Waals surface area contributed by atoms with Gasteiger partial charge >= 0.3 is 0 Å². The van der Waals surface area contributed by atoms with Crippen LogP contribution in [-0.2, 0) is 6.42 Å². The number of hydrogen-bond donors (Lipinski definition) is 2. The summed E-state index contributed by atoms with van der Waals surface area (Å²) in [6.07, 6.45) is 2.49. The highest BCUT2D eigenvalue weighted by molar-refractivity contribution is 7.80. The Kier molecular flexibility index (Phi) is 4.36. The van der Waals surface area contributed by atoms with E-state index in [9.17, 15) is 0 Å². The smallest absolute Gasteiger partial charge is 0.170 e. The van der Waals surface area contributed by atoms with Crippen LogP contribution in [0.3, 0.4) is 0 Å². The van der Waals surface area contributed by atoms with Crippen molar-refractivity contribution in [2.75, 3.05) is 5.32 Å². The molecule has 3 nitrogen and oxygen atoms in total. The van der Waals surface area contributed by atoms with Crippen LogP contribution >= 0.6 is 12.2 Å². The first-order valence-electron chi connectivity index (χ1n) is 5.89. The highest BCUT2D eigenvalue weighted by atomic mass is 32.1. The molecule has 0 aliphatic heterocycles. The van der Waals surface area contributed by atoms with Crippen molar-refractivity contribution < 1.29 is 4.42 Å². The summed E-state index contributed by atoms with van der Waals surface area (Å²) in [5, 5.41) is 6.99. The van der Waals surface area contributed by atoms with Gasteiger partial charge in [0.2, 0.25) is 0 Å². The molecule has 0 bridgehead atoms. The summed E-state index contributed by atoms with van der Waals surface area (Å²) in [5.41, 5.74) is 0.986. The molecule has 1 aromatic carbocycles. The molecular weight excluding hydrogens is 244 g/mol. The van der Waals surface area contributed by atoms with Gasteiger partial charge in [-0.05, 0) is 43.4 Å². The Morgan fingerprint density at radius 2 is 2.00 bits per heavy atom. The van der Waals surface area contributed by atoms with Gasteiger partial charge in [-0.1, -0.05) is 18.2 Å². The number of nitrogens with one attached hydrogen (secondary N) is 2. The number of rotatable bonds is 4. The molecule has 4 heteroatoms. The summed E-state index contributed by atoms with van der Waals surface area (Å²) in [5.74, 6) is 0.956. The van der Waals surface area contributed by atoms with Crippen LogP contribution in [0.1, 0.15) is 12.7 Å². The van der Waals surface area contributed by atoms with E-state index in [0.717, 1.165) is 17.9 Å². The first-order valence-corrected chi connectivity index (χ1v) is 6.30. The van der Waals surface area contributed by atoms with Gasteiger partial charge in [-0.15, -0.1) is 0 Å². The summed E-state index contributed by atoms with van der Waals surface area (Å²) in [7, 11) is 0. The number of furan rings is 1. The molecule has 2 N–H and O–H groups in total. The van der Waals surface area contributed by atoms with Crippen molar-refractivity contribution >= 4 is 23.0 Å². The van der Waals surface area contributed by atoms with Crippen molar-refractivity contribution in [2.24, 2.45) is 0 Å². The molecule has 94 valence electrons. The molecule has 0 aliphatic carbocycles. The van der Waals surface area contributed by atoms with E-state index in [1.54, 1.807) is 6.26 Å². The van der Waals surface area contributed by atoms with Gasteiger partial charge in [-0.25, -0.2) is 0 Å². The van der Waals surface area contributed by atoms with Crippen molar-refractivity contribution in [3.63, 3.8) is 0 Å². The Bertz CT molecular complexity index is 482. The molecule has 0 saturated carbocycles. The second-order valence-corrected chi connectivity index (χ2v) is 4.56. The van der Waals surface area contributed by atoms with Crippen molar-refractivity contribution in [1.82, 2.24) is 5.32 Å². The minimum atomic E-state index is 0.222. The average Bonchev–Trinajstić information content (AvgIpc) is 2.82. The van der Waals surface area contributed by atoms with E-state index in [-0.39, 0.29) is 6.04 Å². The summed E-state index contributed by atoms with van der Waals surface area (Å²) in [6, 6.07) is 13.9. The molecule has 1 unspecified atom stereocenters. The van der Waals surface area contributed by atoms with Gasteiger partial charge in [0.05, 0.1) is 6.26 Å². The van der Waals surface area contributed by atoms with Crippen LogP contribution in [0.25, 0.3) is 0 Å². The van der Waals surface area contributed by atoms with E-state index in [0.29, 0.717) is 5.11 Å². The molecule has 0 spiro atoms. The highest BCUT2D eigenvalue weighted by Gasteiger charge is 2.07. The molecule has 1 heterocycles. The largest absolute Gasteiger partial charge is 0.469 e. The van der Waals surface area contributed by atoms with Gasteiger partial charge in [-0.2, -0.15) is 0 Å². The predicted octanol–water partition coefficient (Wildman–Crippen LogP) is 3.20. The number of anilines is 1. The topological polar surface area (TPSA) is 37.2 Å². The second kappa shape index (κ2) is 6.21. The lowest BCUT2D eigenvalue weighted by Crippen LogP contribution is -2.37.